The fourth-order valence-electron chi connectivity index (χ4n) is 2.06. The Balaban J connectivity index is 3.35. The van der Waals surface area contributed by atoms with Gasteiger partial charge in [-0.3, -0.25) is 4.99 Å². The lowest BCUT2D eigenvalue weighted by Gasteiger charge is -2.08. The number of nitrogens with one attached hydrogen (secondary N) is 1. The van der Waals surface area contributed by atoms with Gasteiger partial charge in [0.1, 0.15) is 0 Å². The molecule has 0 fully saturated rings. The van der Waals surface area contributed by atoms with E-state index < -0.39 is 0 Å². The van der Waals surface area contributed by atoms with Gasteiger partial charge in [0, 0.05) is 28.2 Å². The molecule has 1 aromatic heterocycles. The zero-order valence-electron chi connectivity index (χ0n) is 12.5. The van der Waals surface area contributed by atoms with Crippen LogP contribution >= 0.6 is 0 Å². The van der Waals surface area contributed by atoms with E-state index in [1.165, 1.54) is 0 Å². The van der Waals surface area contributed by atoms with Gasteiger partial charge < -0.3 is 4.98 Å². The average molecular weight is 266 g/mol. The van der Waals surface area contributed by atoms with Gasteiger partial charge in [-0.1, -0.05) is 43.5 Å². The molecule has 0 radical (unpaired) electrons. The van der Waals surface area contributed by atoms with Crippen molar-refractivity contribution >= 4 is 18.4 Å². The first-order chi connectivity index (χ1) is 9.58. The van der Waals surface area contributed by atoms with Crippen LogP contribution < -0.4 is 0 Å². The third-order valence-corrected chi connectivity index (χ3v) is 3.17. The molecule has 2 heteroatoms. The minimum absolute atomic E-state index is 0.864. The largest absolute Gasteiger partial charge is 0.358 e. The molecule has 0 atom stereocenters. The smallest absolute Gasteiger partial charge is 0.0465 e. The Morgan fingerprint density at radius 2 is 2.05 bits per heavy atom. The van der Waals surface area contributed by atoms with Crippen molar-refractivity contribution in [3.8, 4) is 0 Å². The summed E-state index contributed by atoms with van der Waals surface area (Å²) in [4.78, 5) is 7.41. The summed E-state index contributed by atoms with van der Waals surface area (Å²) in [7, 11) is 0. The number of aliphatic imine (C=N–C) groups is 1. The molecule has 1 rings (SSSR count). The van der Waals surface area contributed by atoms with E-state index in [2.05, 4.69) is 48.9 Å². The molecular weight excluding hydrogens is 244 g/mol. The zero-order chi connectivity index (χ0) is 15.1. The molecular formula is C18H22N2. The standard InChI is InChI=1S/C18H22N2/c1-7-10-11-15-12-18(20-13(15)4)17(9-3)16(8-2)14(5)19-6/h7-12,20H,1-2,6H2,3-5H3/b11-10-,16-14+,17-9+. The predicted molar refractivity (Wildman–Crippen MR) is 90.9 cm³/mol. The van der Waals surface area contributed by atoms with E-state index in [0.717, 1.165) is 33.8 Å². The third kappa shape index (κ3) is 3.35. The van der Waals surface area contributed by atoms with Crippen LogP contribution in [0.1, 0.15) is 30.8 Å². The lowest BCUT2D eigenvalue weighted by Crippen LogP contribution is -1.91. The molecule has 0 amide bonds. The quantitative estimate of drug-likeness (QED) is 0.549. The lowest BCUT2D eigenvalue weighted by molar-refractivity contribution is 1.22. The van der Waals surface area contributed by atoms with Crippen molar-refractivity contribution in [1.29, 1.82) is 0 Å². The highest BCUT2D eigenvalue weighted by Crippen LogP contribution is 2.28. The summed E-state index contributed by atoms with van der Waals surface area (Å²) in [6.07, 6.45) is 9.60. The van der Waals surface area contributed by atoms with Gasteiger partial charge in [-0.2, -0.15) is 0 Å². The number of aromatic nitrogens is 1. The maximum Gasteiger partial charge on any atom is 0.0465 e. The lowest BCUT2D eigenvalue weighted by atomic mass is 10.0. The maximum atomic E-state index is 4.01. The summed E-state index contributed by atoms with van der Waals surface area (Å²) in [5, 5.41) is 0. The van der Waals surface area contributed by atoms with Gasteiger partial charge in [-0.15, -0.1) is 0 Å². The first kappa shape index (κ1) is 15.7. The Kier molecular flexibility index (Phi) is 5.73. The fourth-order valence-corrected chi connectivity index (χ4v) is 2.06. The number of aromatic amines is 1. The molecule has 2 nitrogen and oxygen atoms in total. The SMILES string of the molecule is C=C/C=C\c1cc(C(=C/C)/C(C=C)=C(\C)N=C)[nH]c1C. The Hall–Kier alpha value is -2.35. The van der Waals surface area contributed by atoms with Gasteiger partial charge in [0.2, 0.25) is 0 Å². The molecule has 0 aliphatic heterocycles. The second kappa shape index (κ2) is 7.29. The highest BCUT2D eigenvalue weighted by molar-refractivity contribution is 5.82. The number of aryl methyl sites for hydroxylation is 1. The molecule has 104 valence electrons. The van der Waals surface area contributed by atoms with Crippen LogP contribution in [0, 0.1) is 6.92 Å². The van der Waals surface area contributed by atoms with Gasteiger partial charge in [0.05, 0.1) is 0 Å². The molecule has 1 aromatic rings. The second-order valence-electron chi connectivity index (χ2n) is 4.42. The normalized spacial score (nSPS) is 13.2. The molecule has 0 aliphatic carbocycles. The van der Waals surface area contributed by atoms with Crippen LogP contribution in [0.15, 0.2) is 59.8 Å². The highest BCUT2D eigenvalue weighted by Gasteiger charge is 2.11. The average Bonchev–Trinajstić information content (AvgIpc) is 2.82. The Labute approximate surface area is 121 Å². The minimum Gasteiger partial charge on any atom is -0.358 e. The molecule has 1 N–H and O–H groups in total. The number of allylic oxidation sites excluding steroid dienone is 7. The van der Waals surface area contributed by atoms with Crippen molar-refractivity contribution in [1.82, 2.24) is 4.98 Å². The third-order valence-electron chi connectivity index (χ3n) is 3.17. The van der Waals surface area contributed by atoms with E-state index in [-0.39, 0.29) is 0 Å². The van der Waals surface area contributed by atoms with Crippen LogP contribution in [0.3, 0.4) is 0 Å². The Morgan fingerprint density at radius 1 is 1.35 bits per heavy atom. The summed E-state index contributed by atoms with van der Waals surface area (Å²) in [6.45, 7) is 17.1. The van der Waals surface area contributed by atoms with Crippen molar-refractivity contribution in [3.05, 3.63) is 71.7 Å². The van der Waals surface area contributed by atoms with E-state index in [0.29, 0.717) is 0 Å². The maximum absolute atomic E-state index is 4.01. The van der Waals surface area contributed by atoms with Gasteiger partial charge in [-0.25, -0.2) is 0 Å². The van der Waals surface area contributed by atoms with Gasteiger partial charge in [0.25, 0.3) is 0 Å². The number of H-pyrrole nitrogens is 1. The molecule has 1 heterocycles. The van der Waals surface area contributed by atoms with E-state index in [4.69, 9.17) is 0 Å². The first-order valence-corrected chi connectivity index (χ1v) is 6.54. The van der Waals surface area contributed by atoms with Crippen LogP contribution in [0.2, 0.25) is 0 Å². The predicted octanol–water partition coefficient (Wildman–Crippen LogP) is 5.09. The molecule has 0 unspecified atom stereocenters. The van der Waals surface area contributed by atoms with E-state index in [1.807, 2.05) is 32.1 Å². The van der Waals surface area contributed by atoms with E-state index >= 15 is 0 Å². The van der Waals surface area contributed by atoms with Crippen LogP contribution in [0.5, 0.6) is 0 Å². The van der Waals surface area contributed by atoms with Crippen molar-refractivity contribution in [2.75, 3.05) is 0 Å². The number of hydrogen-bond donors (Lipinski definition) is 1. The zero-order valence-corrected chi connectivity index (χ0v) is 12.5. The highest BCUT2D eigenvalue weighted by atomic mass is 14.7. The number of hydrogen-bond acceptors (Lipinski definition) is 1. The van der Waals surface area contributed by atoms with Gasteiger partial charge >= 0.3 is 0 Å². The molecule has 20 heavy (non-hydrogen) atoms. The van der Waals surface area contributed by atoms with Crippen LogP contribution in [0.25, 0.3) is 11.6 Å². The van der Waals surface area contributed by atoms with Crippen LogP contribution in [0.4, 0.5) is 0 Å². The first-order valence-electron chi connectivity index (χ1n) is 6.54. The Morgan fingerprint density at radius 3 is 2.55 bits per heavy atom. The topological polar surface area (TPSA) is 28.1 Å². The summed E-state index contributed by atoms with van der Waals surface area (Å²) in [6, 6.07) is 2.12. The fraction of sp³-hybridized carbons (Fsp3) is 0.167. The Bertz CT molecular complexity index is 607. The molecule has 0 spiro atoms. The van der Waals surface area contributed by atoms with Crippen molar-refractivity contribution in [2.24, 2.45) is 4.99 Å². The molecule has 0 bridgehead atoms. The number of nitrogens with zero attached hydrogens (tertiary/aromatic N) is 1. The van der Waals surface area contributed by atoms with Crippen LogP contribution in [-0.2, 0) is 0 Å². The summed E-state index contributed by atoms with van der Waals surface area (Å²) < 4.78 is 0. The summed E-state index contributed by atoms with van der Waals surface area (Å²) in [5.74, 6) is 0. The van der Waals surface area contributed by atoms with E-state index in [9.17, 15) is 0 Å². The van der Waals surface area contributed by atoms with E-state index in [1.54, 1.807) is 6.08 Å². The minimum atomic E-state index is 0.864. The molecule has 0 aliphatic rings. The second-order valence-corrected chi connectivity index (χ2v) is 4.42. The van der Waals surface area contributed by atoms with Crippen molar-refractivity contribution < 1.29 is 0 Å². The van der Waals surface area contributed by atoms with Crippen molar-refractivity contribution in [2.45, 2.75) is 20.8 Å². The molecule has 0 saturated heterocycles. The van der Waals surface area contributed by atoms with Gasteiger partial charge in [-0.05, 0) is 39.1 Å². The monoisotopic (exact) mass is 266 g/mol. The van der Waals surface area contributed by atoms with Crippen molar-refractivity contribution in [3.63, 3.8) is 0 Å². The van der Waals surface area contributed by atoms with Gasteiger partial charge in [0.15, 0.2) is 0 Å². The summed E-state index contributed by atoms with van der Waals surface area (Å²) >= 11 is 0. The molecule has 0 saturated carbocycles. The van der Waals surface area contributed by atoms with Crippen LogP contribution in [-0.4, -0.2) is 11.7 Å². The summed E-state index contributed by atoms with van der Waals surface area (Å²) in [5.41, 5.74) is 6.24. The molecule has 0 aromatic carbocycles. The number of rotatable bonds is 6.